The molecule has 1 aliphatic carbocycles. The summed E-state index contributed by atoms with van der Waals surface area (Å²) in [5.74, 6) is -1.41. The van der Waals surface area contributed by atoms with Gasteiger partial charge in [-0.15, -0.1) is 0 Å². The maximum atomic E-state index is 13.7. The number of rotatable bonds is 3. The van der Waals surface area contributed by atoms with E-state index in [2.05, 4.69) is 0 Å². The van der Waals surface area contributed by atoms with Crippen molar-refractivity contribution in [3.8, 4) is 0 Å². The van der Waals surface area contributed by atoms with E-state index in [0.717, 1.165) is 31.0 Å². The van der Waals surface area contributed by atoms with Crippen molar-refractivity contribution < 1.29 is 18.3 Å². The van der Waals surface area contributed by atoms with Gasteiger partial charge in [0.2, 0.25) is 0 Å². The minimum absolute atomic E-state index is 0.212. The molecule has 0 amide bonds. The zero-order valence-corrected chi connectivity index (χ0v) is 11.2. The summed E-state index contributed by atoms with van der Waals surface area (Å²) in [6, 6.07) is 2.95. The molecule has 4 heteroatoms. The number of benzene rings is 1. The molecule has 2 unspecified atom stereocenters. The maximum absolute atomic E-state index is 13.7. The normalized spacial score (nSPS) is 27.3. The molecule has 1 aromatic carbocycles. The highest BCUT2D eigenvalue weighted by molar-refractivity contribution is 6.02. The van der Waals surface area contributed by atoms with Gasteiger partial charge in [0.1, 0.15) is 17.2 Å². The zero-order valence-electron chi connectivity index (χ0n) is 11.2. The van der Waals surface area contributed by atoms with Crippen LogP contribution in [0.2, 0.25) is 0 Å². The molecule has 2 atom stereocenters. The minimum Gasteiger partial charge on any atom is -0.370 e. The largest absolute Gasteiger partial charge is 0.370 e. The van der Waals surface area contributed by atoms with Crippen LogP contribution in [-0.2, 0) is 4.74 Å². The lowest BCUT2D eigenvalue weighted by atomic mass is 9.74. The van der Waals surface area contributed by atoms with Crippen LogP contribution in [0.1, 0.15) is 43.0 Å². The molecule has 1 saturated carbocycles. The quantitative estimate of drug-likeness (QED) is 0.780. The van der Waals surface area contributed by atoms with Crippen molar-refractivity contribution in [3.63, 3.8) is 0 Å². The van der Waals surface area contributed by atoms with Gasteiger partial charge in [-0.2, -0.15) is 0 Å². The predicted octanol–water partition coefficient (Wildman–Crippen LogP) is 3.74. The van der Waals surface area contributed by atoms with Gasteiger partial charge < -0.3 is 4.74 Å². The summed E-state index contributed by atoms with van der Waals surface area (Å²) in [6.45, 7) is 2.04. The maximum Gasteiger partial charge on any atom is 0.197 e. The van der Waals surface area contributed by atoms with E-state index in [9.17, 15) is 13.6 Å². The van der Waals surface area contributed by atoms with Crippen LogP contribution in [0, 0.1) is 17.6 Å². The van der Waals surface area contributed by atoms with Crippen molar-refractivity contribution in [2.75, 3.05) is 7.11 Å². The molecule has 0 aromatic heterocycles. The zero-order chi connectivity index (χ0) is 14.0. The number of ketones is 1. The number of ether oxygens (including phenoxy) is 1. The van der Waals surface area contributed by atoms with Gasteiger partial charge in [0.15, 0.2) is 5.78 Å². The molecule has 0 spiro atoms. The van der Waals surface area contributed by atoms with Gasteiger partial charge in [-0.25, -0.2) is 8.78 Å². The molecular weight excluding hydrogens is 250 g/mol. The highest BCUT2D eigenvalue weighted by Gasteiger charge is 2.43. The van der Waals surface area contributed by atoms with E-state index in [0.29, 0.717) is 18.8 Å². The predicted molar refractivity (Wildman–Crippen MR) is 68.1 cm³/mol. The topological polar surface area (TPSA) is 26.3 Å². The molecule has 2 rings (SSSR count). The smallest absolute Gasteiger partial charge is 0.197 e. The van der Waals surface area contributed by atoms with Crippen LogP contribution in [0.15, 0.2) is 18.2 Å². The number of Topliss-reactive ketones (excluding diaryl/α,β-unsaturated/α-hetero) is 1. The molecule has 0 saturated heterocycles. The molecule has 1 aliphatic rings. The van der Waals surface area contributed by atoms with E-state index in [4.69, 9.17) is 4.74 Å². The van der Waals surface area contributed by atoms with Gasteiger partial charge in [-0.3, -0.25) is 4.79 Å². The first-order valence-electron chi connectivity index (χ1n) is 6.53. The molecular formula is C15H18F2O2. The second-order valence-electron chi connectivity index (χ2n) is 5.35. The summed E-state index contributed by atoms with van der Waals surface area (Å²) >= 11 is 0. The van der Waals surface area contributed by atoms with Crippen LogP contribution in [0.5, 0.6) is 0 Å². The van der Waals surface area contributed by atoms with E-state index >= 15 is 0 Å². The van der Waals surface area contributed by atoms with Crippen LogP contribution in [0.3, 0.4) is 0 Å². The van der Waals surface area contributed by atoms with Crippen LogP contribution < -0.4 is 0 Å². The third kappa shape index (κ3) is 2.68. The lowest BCUT2D eigenvalue weighted by Crippen LogP contribution is -2.45. The number of hydrogen-bond donors (Lipinski definition) is 0. The fourth-order valence-electron chi connectivity index (χ4n) is 2.90. The van der Waals surface area contributed by atoms with Crippen molar-refractivity contribution in [1.29, 1.82) is 0 Å². The van der Waals surface area contributed by atoms with E-state index in [1.807, 2.05) is 6.92 Å². The van der Waals surface area contributed by atoms with E-state index in [1.165, 1.54) is 7.11 Å². The number of carbonyl (C=O) groups excluding carboxylic acids is 1. The fraction of sp³-hybridized carbons (Fsp3) is 0.533. The van der Waals surface area contributed by atoms with Crippen LogP contribution >= 0.6 is 0 Å². The Bertz CT molecular complexity index is 487. The Balaban J connectivity index is 2.37. The molecule has 1 fully saturated rings. The Labute approximate surface area is 111 Å². The van der Waals surface area contributed by atoms with Gasteiger partial charge in [0.25, 0.3) is 0 Å². The highest BCUT2D eigenvalue weighted by Crippen LogP contribution is 2.37. The molecule has 0 heterocycles. The third-order valence-electron chi connectivity index (χ3n) is 3.93. The summed E-state index contributed by atoms with van der Waals surface area (Å²) in [7, 11) is 1.47. The number of methoxy groups -OCH3 is 1. The Kier molecular flexibility index (Phi) is 3.99. The molecule has 2 nitrogen and oxygen atoms in total. The lowest BCUT2D eigenvalue weighted by molar-refractivity contribution is -0.0305. The Morgan fingerprint density at radius 2 is 2.16 bits per heavy atom. The van der Waals surface area contributed by atoms with Crippen molar-refractivity contribution in [2.45, 2.75) is 38.2 Å². The first-order chi connectivity index (χ1) is 8.98. The second kappa shape index (κ2) is 5.37. The van der Waals surface area contributed by atoms with Gasteiger partial charge in [-0.1, -0.05) is 13.3 Å². The lowest BCUT2D eigenvalue weighted by Gasteiger charge is -2.37. The van der Waals surface area contributed by atoms with Gasteiger partial charge >= 0.3 is 0 Å². The number of halogens is 2. The monoisotopic (exact) mass is 268 g/mol. The molecule has 0 aliphatic heterocycles. The van der Waals surface area contributed by atoms with Crippen LogP contribution in [-0.4, -0.2) is 18.5 Å². The number of hydrogen-bond acceptors (Lipinski definition) is 2. The van der Waals surface area contributed by atoms with E-state index < -0.39 is 23.0 Å². The first-order valence-corrected chi connectivity index (χ1v) is 6.53. The van der Waals surface area contributed by atoms with E-state index in [-0.39, 0.29) is 5.56 Å². The Morgan fingerprint density at radius 1 is 1.42 bits per heavy atom. The van der Waals surface area contributed by atoms with Crippen molar-refractivity contribution in [3.05, 3.63) is 35.4 Å². The molecule has 0 N–H and O–H groups in total. The standard InChI is InChI=1S/C15H18F2O2/c1-10-4-3-7-15(9-10,19-2)14(18)12-8-11(16)5-6-13(12)17/h5-6,8,10H,3-4,7,9H2,1-2H3. The molecule has 0 radical (unpaired) electrons. The summed E-state index contributed by atoms with van der Waals surface area (Å²) in [5, 5.41) is 0. The number of carbonyl (C=O) groups is 1. The molecule has 104 valence electrons. The average Bonchev–Trinajstić information content (AvgIpc) is 2.40. The third-order valence-corrected chi connectivity index (χ3v) is 3.93. The van der Waals surface area contributed by atoms with Crippen molar-refractivity contribution in [1.82, 2.24) is 0 Å². The van der Waals surface area contributed by atoms with Gasteiger partial charge in [0, 0.05) is 7.11 Å². The van der Waals surface area contributed by atoms with Gasteiger partial charge in [-0.05, 0) is 43.4 Å². The summed E-state index contributed by atoms with van der Waals surface area (Å²) in [5.41, 5.74) is -1.22. The average molecular weight is 268 g/mol. The van der Waals surface area contributed by atoms with Crippen LogP contribution in [0.25, 0.3) is 0 Å². The van der Waals surface area contributed by atoms with Crippen LogP contribution in [0.4, 0.5) is 8.78 Å². The summed E-state index contributed by atoms with van der Waals surface area (Å²) in [4.78, 5) is 12.5. The van der Waals surface area contributed by atoms with Crippen molar-refractivity contribution in [2.24, 2.45) is 5.92 Å². The first kappa shape index (κ1) is 14.1. The SMILES string of the molecule is COC1(C(=O)c2cc(F)ccc2F)CCCC(C)C1. The molecule has 19 heavy (non-hydrogen) atoms. The highest BCUT2D eigenvalue weighted by atomic mass is 19.1. The Hall–Kier alpha value is -1.29. The summed E-state index contributed by atoms with van der Waals surface area (Å²) < 4.78 is 32.4. The Morgan fingerprint density at radius 3 is 2.79 bits per heavy atom. The molecule has 1 aromatic rings. The van der Waals surface area contributed by atoms with Gasteiger partial charge in [0.05, 0.1) is 5.56 Å². The molecule has 0 bridgehead atoms. The van der Waals surface area contributed by atoms with Crippen molar-refractivity contribution >= 4 is 5.78 Å². The summed E-state index contributed by atoms with van der Waals surface area (Å²) in [6.07, 6.45) is 3.00. The minimum atomic E-state index is -1.01. The second-order valence-corrected chi connectivity index (χ2v) is 5.35. The fourth-order valence-corrected chi connectivity index (χ4v) is 2.90. The van der Waals surface area contributed by atoms with E-state index in [1.54, 1.807) is 0 Å².